The molecule has 0 aliphatic heterocycles. The van der Waals surface area contributed by atoms with E-state index in [1.807, 2.05) is 13.8 Å². The van der Waals surface area contributed by atoms with Gasteiger partial charge in [-0.15, -0.1) is 0 Å². The molecule has 0 atom stereocenters. The molecule has 0 spiro atoms. The highest BCUT2D eigenvalue weighted by Crippen LogP contribution is 2.19. The lowest BCUT2D eigenvalue weighted by Crippen LogP contribution is -2.28. The first-order valence-corrected chi connectivity index (χ1v) is 4.99. The predicted molar refractivity (Wildman–Crippen MR) is 61.5 cm³/mol. The molecule has 1 heterocycles. The molecule has 82 valence electrons. The van der Waals surface area contributed by atoms with Crippen molar-refractivity contribution in [2.45, 2.75) is 20.3 Å². The molecule has 0 aliphatic carbocycles. The number of rotatable bonds is 3. The normalized spacial score (nSPS) is 10.4. The van der Waals surface area contributed by atoms with Crippen LogP contribution in [0.4, 0.5) is 11.5 Å². The van der Waals surface area contributed by atoms with Crippen molar-refractivity contribution in [3.63, 3.8) is 0 Å². The van der Waals surface area contributed by atoms with Crippen LogP contribution in [-0.2, 0) is 4.79 Å². The Hall–Kier alpha value is -1.58. The maximum atomic E-state index is 11.7. The van der Waals surface area contributed by atoms with E-state index in [0.29, 0.717) is 23.8 Å². The summed E-state index contributed by atoms with van der Waals surface area (Å²) in [7, 11) is 1.70. The van der Waals surface area contributed by atoms with Crippen LogP contribution in [0.25, 0.3) is 0 Å². The molecule has 0 radical (unpaired) electrons. The number of nitrogens with two attached hydrogens (primary N) is 1. The number of carbonyl (C=O) groups is 1. The van der Waals surface area contributed by atoms with Gasteiger partial charge in [-0.05, 0) is 18.1 Å². The van der Waals surface area contributed by atoms with Crippen molar-refractivity contribution in [1.82, 2.24) is 4.98 Å². The van der Waals surface area contributed by atoms with Crippen LogP contribution in [0.2, 0.25) is 0 Å². The molecule has 0 bridgehead atoms. The smallest absolute Gasteiger partial charge is 0.228 e. The number of pyridine rings is 1. The van der Waals surface area contributed by atoms with E-state index in [9.17, 15) is 4.79 Å². The largest absolute Gasteiger partial charge is 0.396 e. The van der Waals surface area contributed by atoms with Gasteiger partial charge >= 0.3 is 0 Å². The molecule has 1 aromatic rings. The van der Waals surface area contributed by atoms with Crippen molar-refractivity contribution < 1.29 is 4.79 Å². The van der Waals surface area contributed by atoms with Gasteiger partial charge in [0, 0.05) is 19.7 Å². The van der Waals surface area contributed by atoms with Gasteiger partial charge in [0.15, 0.2) is 5.82 Å². The second-order valence-corrected chi connectivity index (χ2v) is 3.97. The number of amides is 1. The summed E-state index contributed by atoms with van der Waals surface area (Å²) in [6, 6.07) is 3.49. The molecule has 0 unspecified atom stereocenters. The van der Waals surface area contributed by atoms with Crippen LogP contribution in [0, 0.1) is 5.92 Å². The lowest BCUT2D eigenvalue weighted by atomic mass is 10.1. The zero-order valence-corrected chi connectivity index (χ0v) is 9.40. The van der Waals surface area contributed by atoms with Gasteiger partial charge in [-0.1, -0.05) is 13.8 Å². The molecule has 0 saturated carbocycles. The van der Waals surface area contributed by atoms with Crippen molar-refractivity contribution in [1.29, 1.82) is 0 Å². The third-order valence-corrected chi connectivity index (χ3v) is 2.09. The van der Waals surface area contributed by atoms with E-state index in [1.54, 1.807) is 25.4 Å². The van der Waals surface area contributed by atoms with Crippen molar-refractivity contribution in [2.75, 3.05) is 17.7 Å². The molecule has 1 aromatic heterocycles. The maximum Gasteiger partial charge on any atom is 0.228 e. The summed E-state index contributed by atoms with van der Waals surface area (Å²) in [4.78, 5) is 17.3. The van der Waals surface area contributed by atoms with Crippen molar-refractivity contribution in [2.24, 2.45) is 5.92 Å². The summed E-state index contributed by atoms with van der Waals surface area (Å²) in [5.74, 6) is 0.906. The van der Waals surface area contributed by atoms with Gasteiger partial charge in [-0.2, -0.15) is 0 Å². The fourth-order valence-corrected chi connectivity index (χ4v) is 1.29. The van der Waals surface area contributed by atoms with E-state index in [0.717, 1.165) is 0 Å². The van der Waals surface area contributed by atoms with Crippen LogP contribution in [0.1, 0.15) is 20.3 Å². The minimum Gasteiger partial charge on any atom is -0.396 e. The first-order chi connectivity index (χ1) is 7.02. The van der Waals surface area contributed by atoms with Gasteiger partial charge < -0.3 is 5.73 Å². The number of carbonyl (C=O) groups excluding carboxylic acids is 1. The second kappa shape index (κ2) is 4.77. The van der Waals surface area contributed by atoms with Crippen LogP contribution >= 0.6 is 0 Å². The summed E-state index contributed by atoms with van der Waals surface area (Å²) in [6.07, 6.45) is 2.14. The number of aromatic nitrogens is 1. The van der Waals surface area contributed by atoms with E-state index in [1.165, 1.54) is 4.90 Å². The van der Waals surface area contributed by atoms with Gasteiger partial charge in [0.25, 0.3) is 0 Å². The van der Waals surface area contributed by atoms with E-state index in [-0.39, 0.29) is 5.91 Å². The lowest BCUT2D eigenvalue weighted by molar-refractivity contribution is -0.119. The Morgan fingerprint density at radius 2 is 2.27 bits per heavy atom. The van der Waals surface area contributed by atoms with E-state index in [2.05, 4.69) is 4.98 Å². The number of nitrogens with zero attached hydrogens (tertiary/aromatic N) is 2. The third kappa shape index (κ3) is 2.94. The van der Waals surface area contributed by atoms with E-state index < -0.39 is 0 Å². The number of hydrogen-bond acceptors (Lipinski definition) is 3. The van der Waals surface area contributed by atoms with Crippen molar-refractivity contribution >= 4 is 17.4 Å². The number of hydrogen-bond donors (Lipinski definition) is 1. The maximum absolute atomic E-state index is 11.7. The Morgan fingerprint density at radius 1 is 1.60 bits per heavy atom. The topological polar surface area (TPSA) is 59.2 Å². The predicted octanol–water partition coefficient (Wildman–Crippen LogP) is 1.67. The summed E-state index contributed by atoms with van der Waals surface area (Å²) < 4.78 is 0. The zero-order chi connectivity index (χ0) is 11.4. The molecule has 1 amide bonds. The Kier molecular flexibility index (Phi) is 3.66. The molecular formula is C11H17N3O. The molecule has 4 heteroatoms. The average Bonchev–Trinajstić information content (AvgIpc) is 2.16. The zero-order valence-electron chi connectivity index (χ0n) is 9.40. The van der Waals surface area contributed by atoms with Crippen LogP contribution < -0.4 is 10.6 Å². The lowest BCUT2D eigenvalue weighted by Gasteiger charge is -2.18. The first-order valence-electron chi connectivity index (χ1n) is 4.99. The third-order valence-electron chi connectivity index (χ3n) is 2.09. The van der Waals surface area contributed by atoms with Gasteiger partial charge in [0.05, 0.1) is 5.69 Å². The molecule has 0 aromatic carbocycles. The van der Waals surface area contributed by atoms with Crippen molar-refractivity contribution in [3.8, 4) is 0 Å². The summed E-state index contributed by atoms with van der Waals surface area (Å²) >= 11 is 0. The van der Waals surface area contributed by atoms with Gasteiger partial charge in [0.2, 0.25) is 5.91 Å². The van der Waals surface area contributed by atoms with Crippen LogP contribution in [0.5, 0.6) is 0 Å². The molecule has 1 rings (SSSR count). The highest BCUT2D eigenvalue weighted by atomic mass is 16.2. The highest BCUT2D eigenvalue weighted by Gasteiger charge is 2.15. The average molecular weight is 207 g/mol. The molecular weight excluding hydrogens is 190 g/mol. The minimum absolute atomic E-state index is 0.0374. The van der Waals surface area contributed by atoms with E-state index in [4.69, 9.17) is 5.73 Å². The van der Waals surface area contributed by atoms with Crippen LogP contribution in [-0.4, -0.2) is 17.9 Å². The second-order valence-electron chi connectivity index (χ2n) is 3.97. The summed E-state index contributed by atoms with van der Waals surface area (Å²) in [5, 5.41) is 0. The van der Waals surface area contributed by atoms with Gasteiger partial charge in [0.1, 0.15) is 0 Å². The molecule has 0 aliphatic rings. The Morgan fingerprint density at radius 3 is 2.80 bits per heavy atom. The monoisotopic (exact) mass is 207 g/mol. The molecule has 0 saturated heterocycles. The van der Waals surface area contributed by atoms with E-state index >= 15 is 0 Å². The molecule has 2 N–H and O–H groups in total. The SMILES string of the molecule is CC(C)CC(=O)N(C)c1ncccc1N. The quantitative estimate of drug-likeness (QED) is 0.820. The molecule has 4 nitrogen and oxygen atoms in total. The number of nitrogen functional groups attached to an aromatic ring is 1. The van der Waals surface area contributed by atoms with Gasteiger partial charge in [-0.3, -0.25) is 9.69 Å². The minimum atomic E-state index is 0.0374. The Labute approximate surface area is 90.1 Å². The summed E-state index contributed by atoms with van der Waals surface area (Å²) in [6.45, 7) is 4.01. The van der Waals surface area contributed by atoms with Crippen LogP contribution in [0.3, 0.4) is 0 Å². The first kappa shape index (κ1) is 11.5. The van der Waals surface area contributed by atoms with Crippen molar-refractivity contribution in [3.05, 3.63) is 18.3 Å². The Bertz CT molecular complexity index is 349. The molecule has 15 heavy (non-hydrogen) atoms. The van der Waals surface area contributed by atoms with Crippen LogP contribution in [0.15, 0.2) is 18.3 Å². The Balaban J connectivity index is 2.81. The standard InChI is InChI=1S/C11H17N3O/c1-8(2)7-10(15)14(3)11-9(12)5-4-6-13-11/h4-6,8H,7,12H2,1-3H3. The fourth-order valence-electron chi connectivity index (χ4n) is 1.29. The fraction of sp³-hybridized carbons (Fsp3) is 0.455. The molecule has 0 fully saturated rings. The highest BCUT2D eigenvalue weighted by molar-refractivity contribution is 5.94. The number of anilines is 2. The summed E-state index contributed by atoms with van der Waals surface area (Å²) in [5.41, 5.74) is 6.26. The van der Waals surface area contributed by atoms with Gasteiger partial charge in [-0.25, -0.2) is 4.98 Å².